The van der Waals surface area contributed by atoms with Gasteiger partial charge < -0.3 is 29.6 Å². The lowest BCUT2D eigenvalue weighted by Crippen LogP contribution is -2.33. The second kappa shape index (κ2) is 12.0. The van der Waals surface area contributed by atoms with Crippen LogP contribution in [0, 0.1) is 6.92 Å². The summed E-state index contributed by atoms with van der Waals surface area (Å²) in [5.41, 5.74) is 8.92. The van der Waals surface area contributed by atoms with Crippen LogP contribution in [-0.2, 0) is 23.0 Å². The lowest BCUT2D eigenvalue weighted by molar-refractivity contribution is -0.161. The van der Waals surface area contributed by atoms with E-state index in [1.54, 1.807) is 52.2 Å². The Labute approximate surface area is 239 Å². The van der Waals surface area contributed by atoms with E-state index in [9.17, 15) is 14.7 Å². The minimum atomic E-state index is -1.39. The summed E-state index contributed by atoms with van der Waals surface area (Å²) in [7, 11) is 1.58. The van der Waals surface area contributed by atoms with Gasteiger partial charge in [-0.1, -0.05) is 12.6 Å². The maximum absolute atomic E-state index is 13.8. The highest BCUT2D eigenvalue weighted by molar-refractivity contribution is 6.00. The normalized spacial score (nSPS) is 14.5. The maximum Gasteiger partial charge on any atom is 0.339 e. The number of nitrogens with two attached hydrogens (primary N) is 1. The topological polar surface area (TPSA) is 125 Å². The molecule has 0 spiro atoms. The summed E-state index contributed by atoms with van der Waals surface area (Å²) in [6.45, 7) is 11.7. The van der Waals surface area contributed by atoms with Crippen molar-refractivity contribution in [3.63, 3.8) is 0 Å². The lowest BCUT2D eigenvalue weighted by atomic mass is 9.88. The number of carboxylic acid groups (broad SMARTS) is 1. The van der Waals surface area contributed by atoms with Crippen LogP contribution >= 0.6 is 0 Å². The summed E-state index contributed by atoms with van der Waals surface area (Å²) in [5, 5.41) is 11.3. The third-order valence-corrected chi connectivity index (χ3v) is 6.98. The Morgan fingerprint density at radius 3 is 2.68 bits per heavy atom. The molecule has 1 aliphatic rings. The fraction of sp³-hybridized carbons (Fsp3) is 0.344. The molecule has 9 heteroatoms. The fourth-order valence-electron chi connectivity index (χ4n) is 5.09. The maximum atomic E-state index is 13.8. The van der Waals surface area contributed by atoms with Crippen LogP contribution in [0.2, 0.25) is 0 Å². The molecule has 41 heavy (non-hydrogen) atoms. The molecule has 1 aromatic heterocycles. The highest BCUT2D eigenvalue weighted by Crippen LogP contribution is 2.42. The highest BCUT2D eigenvalue weighted by atomic mass is 16.5. The SMILES string of the molecule is C=CN=C/C(=C\N)COc1ccc2c(-c3ccc4c(c3C)CCCO4)c(C(OC(C)(C)C)C(=O)O)n(C)c(=O)c2c1. The van der Waals surface area contributed by atoms with Gasteiger partial charge >= 0.3 is 5.97 Å². The molecule has 2 heterocycles. The quantitative estimate of drug-likeness (QED) is 0.345. The zero-order chi connectivity index (χ0) is 29.9. The number of rotatable bonds is 9. The van der Waals surface area contributed by atoms with Gasteiger partial charge in [-0.05, 0) is 86.9 Å². The summed E-state index contributed by atoms with van der Waals surface area (Å²) in [4.78, 5) is 30.4. The van der Waals surface area contributed by atoms with Crippen molar-refractivity contribution in [2.75, 3.05) is 13.2 Å². The van der Waals surface area contributed by atoms with Crippen LogP contribution in [0.1, 0.15) is 50.1 Å². The van der Waals surface area contributed by atoms with Crippen LogP contribution in [0.3, 0.4) is 0 Å². The van der Waals surface area contributed by atoms with Gasteiger partial charge in [0.2, 0.25) is 0 Å². The summed E-state index contributed by atoms with van der Waals surface area (Å²) < 4.78 is 19.3. The first-order valence-corrected chi connectivity index (χ1v) is 13.5. The first-order valence-electron chi connectivity index (χ1n) is 13.5. The zero-order valence-corrected chi connectivity index (χ0v) is 24.2. The molecule has 1 atom stereocenters. The van der Waals surface area contributed by atoms with Gasteiger partial charge in [-0.25, -0.2) is 4.79 Å². The van der Waals surface area contributed by atoms with Crippen molar-refractivity contribution in [2.45, 2.75) is 52.2 Å². The number of carbonyl (C=O) groups is 1. The number of hydrogen-bond donors (Lipinski definition) is 2. The Morgan fingerprint density at radius 1 is 1.27 bits per heavy atom. The number of fused-ring (bicyclic) bond motifs is 2. The monoisotopic (exact) mass is 559 g/mol. The second-order valence-electron chi connectivity index (χ2n) is 10.9. The molecule has 0 amide bonds. The number of hydrogen-bond acceptors (Lipinski definition) is 7. The van der Waals surface area contributed by atoms with E-state index >= 15 is 0 Å². The van der Waals surface area contributed by atoms with Gasteiger partial charge in [0.25, 0.3) is 5.56 Å². The van der Waals surface area contributed by atoms with E-state index in [-0.39, 0.29) is 17.9 Å². The Morgan fingerprint density at radius 2 is 2.02 bits per heavy atom. The fourth-order valence-corrected chi connectivity index (χ4v) is 5.09. The molecular formula is C32H37N3O6. The number of aliphatic carboxylic acids is 1. The average molecular weight is 560 g/mol. The number of carboxylic acids is 1. The molecule has 0 radical (unpaired) electrons. The molecule has 216 valence electrons. The average Bonchev–Trinajstić information content (AvgIpc) is 2.94. The Kier molecular flexibility index (Phi) is 8.68. The highest BCUT2D eigenvalue weighted by Gasteiger charge is 2.34. The van der Waals surface area contributed by atoms with Crippen LogP contribution < -0.4 is 20.8 Å². The van der Waals surface area contributed by atoms with Crippen LogP contribution in [0.5, 0.6) is 11.5 Å². The molecule has 9 nitrogen and oxygen atoms in total. The van der Waals surface area contributed by atoms with E-state index in [1.807, 2.05) is 19.1 Å². The van der Waals surface area contributed by atoms with E-state index < -0.39 is 17.7 Å². The van der Waals surface area contributed by atoms with E-state index in [0.29, 0.717) is 34.3 Å². The van der Waals surface area contributed by atoms with Gasteiger partial charge in [0.15, 0.2) is 6.10 Å². The van der Waals surface area contributed by atoms with Crippen LogP contribution in [-0.4, -0.2) is 40.7 Å². The number of pyridine rings is 1. The molecule has 2 aromatic carbocycles. The van der Waals surface area contributed by atoms with Gasteiger partial charge in [-0.15, -0.1) is 0 Å². The van der Waals surface area contributed by atoms with Crippen molar-refractivity contribution in [1.29, 1.82) is 0 Å². The minimum Gasteiger partial charge on any atom is -0.493 e. The van der Waals surface area contributed by atoms with Crippen molar-refractivity contribution in [1.82, 2.24) is 4.57 Å². The summed E-state index contributed by atoms with van der Waals surface area (Å²) >= 11 is 0. The molecule has 0 bridgehead atoms. The van der Waals surface area contributed by atoms with Gasteiger partial charge in [-0.2, -0.15) is 0 Å². The third kappa shape index (κ3) is 6.20. The predicted octanol–water partition coefficient (Wildman–Crippen LogP) is 5.22. The standard InChI is InChI=1S/C32H37N3O6/c1-7-34-17-20(16-33)18-40-21-10-11-24-25(15-21)30(36)35(6)28(29(31(37)38)41-32(3,4)5)27(24)23-12-13-26-22(19(23)2)9-8-14-39-26/h7,10-13,15-17,29H,1,8-9,14,18,33H2,2-6H3,(H,37,38)/b20-16+,34-17?. The van der Waals surface area contributed by atoms with E-state index in [0.717, 1.165) is 35.3 Å². The Balaban J connectivity index is 1.99. The summed E-state index contributed by atoms with van der Waals surface area (Å²) in [6.07, 6.45) is 4.67. The van der Waals surface area contributed by atoms with Crippen LogP contribution in [0.25, 0.3) is 21.9 Å². The van der Waals surface area contributed by atoms with Crippen molar-refractivity contribution in [3.05, 3.63) is 82.1 Å². The molecule has 4 rings (SSSR count). The third-order valence-electron chi connectivity index (χ3n) is 6.98. The summed E-state index contributed by atoms with van der Waals surface area (Å²) in [5.74, 6) is 0.0981. The van der Waals surface area contributed by atoms with Gasteiger partial charge in [0.1, 0.15) is 18.1 Å². The van der Waals surface area contributed by atoms with Crippen molar-refractivity contribution in [2.24, 2.45) is 17.8 Å². The van der Waals surface area contributed by atoms with Crippen molar-refractivity contribution in [3.8, 4) is 22.6 Å². The van der Waals surface area contributed by atoms with E-state index in [1.165, 1.54) is 17.0 Å². The number of nitrogens with zero attached hydrogens (tertiary/aromatic N) is 2. The molecular weight excluding hydrogens is 522 g/mol. The van der Waals surface area contributed by atoms with Crippen LogP contribution in [0.15, 0.2) is 64.7 Å². The molecule has 3 N–H and O–H groups in total. The molecule has 1 aliphatic heterocycles. The largest absolute Gasteiger partial charge is 0.493 e. The van der Waals surface area contributed by atoms with E-state index in [4.69, 9.17) is 19.9 Å². The number of ether oxygens (including phenoxy) is 3. The van der Waals surface area contributed by atoms with E-state index in [2.05, 4.69) is 11.6 Å². The molecule has 0 fully saturated rings. The smallest absolute Gasteiger partial charge is 0.339 e. The van der Waals surface area contributed by atoms with Crippen molar-refractivity contribution >= 4 is 23.0 Å². The second-order valence-corrected chi connectivity index (χ2v) is 10.9. The van der Waals surface area contributed by atoms with Gasteiger partial charge in [-0.3, -0.25) is 9.79 Å². The van der Waals surface area contributed by atoms with Crippen LogP contribution in [0.4, 0.5) is 0 Å². The number of benzene rings is 2. The molecule has 0 aliphatic carbocycles. The molecule has 0 saturated heterocycles. The predicted molar refractivity (Wildman–Crippen MR) is 161 cm³/mol. The number of aromatic nitrogens is 1. The first kappa shape index (κ1) is 29.6. The molecule has 0 saturated carbocycles. The minimum absolute atomic E-state index is 0.134. The van der Waals surface area contributed by atoms with Gasteiger partial charge in [0, 0.05) is 36.8 Å². The number of aliphatic imine (C=N–C) groups is 1. The summed E-state index contributed by atoms with van der Waals surface area (Å²) in [6, 6.07) is 9.06. The van der Waals surface area contributed by atoms with Gasteiger partial charge in [0.05, 0.1) is 23.3 Å². The molecule has 3 aromatic rings. The van der Waals surface area contributed by atoms with Crippen molar-refractivity contribution < 1.29 is 24.1 Å². The molecule has 1 unspecified atom stereocenters. The zero-order valence-electron chi connectivity index (χ0n) is 24.2. The Hall–Kier alpha value is -4.37. The Bertz CT molecular complexity index is 1610. The first-order chi connectivity index (χ1) is 19.5. The lowest BCUT2D eigenvalue weighted by Gasteiger charge is -2.29.